The van der Waals surface area contributed by atoms with E-state index in [1.165, 1.54) is 17.8 Å². The second-order valence-corrected chi connectivity index (χ2v) is 10.4. The minimum atomic E-state index is -0.645. The normalized spacial score (nSPS) is 15.6. The van der Waals surface area contributed by atoms with Crippen LogP contribution >= 0.6 is 23.4 Å². The monoisotopic (exact) mass is 560 g/mol. The third-order valence-corrected chi connectivity index (χ3v) is 7.68. The van der Waals surface area contributed by atoms with Crippen LogP contribution in [-0.4, -0.2) is 27.3 Å². The molecule has 0 atom stereocenters. The maximum absolute atomic E-state index is 14.5. The molecule has 0 spiro atoms. The molecule has 1 N–H and O–H groups in total. The molecule has 4 aromatic rings. The van der Waals surface area contributed by atoms with Crippen molar-refractivity contribution in [1.82, 2.24) is 4.57 Å². The molecule has 0 aliphatic carbocycles. The van der Waals surface area contributed by atoms with Gasteiger partial charge in [0.1, 0.15) is 22.2 Å². The van der Waals surface area contributed by atoms with Gasteiger partial charge in [-0.1, -0.05) is 66.7 Å². The molecule has 3 aromatic carbocycles. The Hall–Kier alpha value is -3.81. The van der Waals surface area contributed by atoms with Crippen molar-refractivity contribution in [2.45, 2.75) is 26.8 Å². The molecule has 5 nitrogen and oxygen atoms in total. The topological polar surface area (TPSA) is 63.8 Å². The zero-order valence-corrected chi connectivity index (χ0v) is 23.0. The van der Waals surface area contributed by atoms with Crippen LogP contribution in [0.2, 0.25) is 5.02 Å². The first kappa shape index (κ1) is 26.8. The van der Waals surface area contributed by atoms with Crippen LogP contribution in [0.3, 0.4) is 0 Å². The Bertz CT molecular complexity index is 1650. The summed E-state index contributed by atoms with van der Waals surface area (Å²) in [6, 6.07) is 19.7. The number of fused-ring (bicyclic) bond motifs is 1. The molecular formula is C31H26ClFN2O3S. The van der Waals surface area contributed by atoms with E-state index >= 15 is 0 Å². The van der Waals surface area contributed by atoms with Crippen molar-refractivity contribution in [1.29, 1.82) is 0 Å². The number of benzene rings is 3. The number of aryl methyl sites for hydroxylation is 1. The van der Waals surface area contributed by atoms with Crippen molar-refractivity contribution in [2.24, 2.45) is 4.99 Å². The first-order chi connectivity index (χ1) is 18.9. The van der Waals surface area contributed by atoms with Crippen LogP contribution in [0, 0.1) is 5.82 Å². The van der Waals surface area contributed by atoms with Crippen molar-refractivity contribution in [3.63, 3.8) is 0 Å². The standard InChI is InChI=1S/C31H26ClFN2O3S/c1-3-19-9-7-10-24-21(18-35(28(19)24)17-20-8-5-6-11-25(20)33)16-26-29(36)27(31(37)38-4-2)30(39-26)34-23-14-12-22(32)13-15-23/h5-16,18,36H,3-4,17H2,1-2H3/b26-16-,34-30?. The Kier molecular flexibility index (Phi) is 7.91. The number of ether oxygens (including phenoxy) is 1. The first-order valence-corrected chi connectivity index (χ1v) is 13.8. The highest BCUT2D eigenvalue weighted by Gasteiger charge is 2.33. The highest BCUT2D eigenvalue weighted by molar-refractivity contribution is 8.18. The molecule has 39 heavy (non-hydrogen) atoms. The van der Waals surface area contributed by atoms with Crippen LogP contribution < -0.4 is 0 Å². The SMILES string of the molecule is CCOC(=O)C1=C(O)/C(=C/c2cn(Cc3ccccc3F)c3c(CC)cccc23)SC1=Nc1ccc(Cl)cc1. The molecule has 1 aromatic heterocycles. The number of nitrogens with zero attached hydrogens (tertiary/aromatic N) is 2. The van der Waals surface area contributed by atoms with Gasteiger partial charge >= 0.3 is 5.97 Å². The molecule has 0 bridgehead atoms. The highest BCUT2D eigenvalue weighted by atomic mass is 35.5. The van der Waals surface area contributed by atoms with Gasteiger partial charge in [-0.2, -0.15) is 0 Å². The molecule has 0 saturated heterocycles. The van der Waals surface area contributed by atoms with E-state index in [9.17, 15) is 14.3 Å². The maximum Gasteiger partial charge on any atom is 0.344 e. The number of carbonyl (C=O) groups is 1. The number of esters is 1. The lowest BCUT2D eigenvalue weighted by atomic mass is 10.1. The molecule has 0 fully saturated rings. The number of aliphatic imine (C=N–C) groups is 1. The van der Waals surface area contributed by atoms with E-state index in [1.807, 2.05) is 35.0 Å². The van der Waals surface area contributed by atoms with Crippen molar-refractivity contribution in [3.05, 3.63) is 117 Å². The van der Waals surface area contributed by atoms with Gasteiger partial charge in [0.15, 0.2) is 0 Å². The van der Waals surface area contributed by atoms with Gasteiger partial charge in [-0.05, 0) is 55.3 Å². The van der Waals surface area contributed by atoms with Gasteiger partial charge in [-0.15, -0.1) is 0 Å². The van der Waals surface area contributed by atoms with Gasteiger partial charge in [0.05, 0.1) is 29.3 Å². The Morgan fingerprint density at radius 3 is 2.54 bits per heavy atom. The fourth-order valence-electron chi connectivity index (χ4n) is 4.57. The van der Waals surface area contributed by atoms with E-state index in [0.29, 0.717) is 32.8 Å². The van der Waals surface area contributed by atoms with E-state index in [2.05, 4.69) is 18.0 Å². The third kappa shape index (κ3) is 5.51. The lowest BCUT2D eigenvalue weighted by Crippen LogP contribution is -2.12. The highest BCUT2D eigenvalue weighted by Crippen LogP contribution is 2.41. The predicted octanol–water partition coefficient (Wildman–Crippen LogP) is 8.24. The number of thioether (sulfide) groups is 1. The average Bonchev–Trinajstić information content (AvgIpc) is 3.43. The van der Waals surface area contributed by atoms with Gasteiger partial charge in [0, 0.05) is 27.7 Å². The van der Waals surface area contributed by atoms with E-state index in [-0.39, 0.29) is 23.8 Å². The van der Waals surface area contributed by atoms with E-state index < -0.39 is 5.97 Å². The molecule has 2 heterocycles. The molecule has 1 aliphatic rings. The fourth-order valence-corrected chi connectivity index (χ4v) is 5.72. The van der Waals surface area contributed by atoms with E-state index in [1.54, 1.807) is 43.3 Å². The smallest absolute Gasteiger partial charge is 0.344 e. The summed E-state index contributed by atoms with van der Waals surface area (Å²) in [6.07, 6.45) is 4.60. The number of rotatable bonds is 7. The van der Waals surface area contributed by atoms with E-state index in [0.717, 1.165) is 28.5 Å². The number of carbonyl (C=O) groups excluding carboxylic acids is 1. The van der Waals surface area contributed by atoms with Crippen LogP contribution in [0.4, 0.5) is 10.1 Å². The van der Waals surface area contributed by atoms with Gasteiger partial charge < -0.3 is 14.4 Å². The number of para-hydroxylation sites is 1. The molecule has 198 valence electrons. The van der Waals surface area contributed by atoms with Crippen LogP contribution in [-0.2, 0) is 22.5 Å². The number of hydrogen-bond acceptors (Lipinski definition) is 5. The van der Waals surface area contributed by atoms with E-state index in [4.69, 9.17) is 16.3 Å². The molecule has 0 amide bonds. The molecule has 0 unspecified atom stereocenters. The van der Waals surface area contributed by atoms with Crippen molar-refractivity contribution in [2.75, 3.05) is 6.61 Å². The van der Waals surface area contributed by atoms with Gasteiger partial charge in [0.25, 0.3) is 0 Å². The fraction of sp³-hybridized carbons (Fsp3) is 0.161. The number of aliphatic hydroxyl groups excluding tert-OH is 1. The predicted molar refractivity (Wildman–Crippen MR) is 157 cm³/mol. The van der Waals surface area contributed by atoms with Crippen LogP contribution in [0.1, 0.15) is 30.5 Å². The minimum absolute atomic E-state index is 0.0207. The summed E-state index contributed by atoms with van der Waals surface area (Å²) in [5.74, 6) is -1.09. The Morgan fingerprint density at radius 2 is 1.82 bits per heavy atom. The quantitative estimate of drug-likeness (QED) is 0.231. The van der Waals surface area contributed by atoms with Crippen LogP contribution in [0.15, 0.2) is 94.2 Å². The summed E-state index contributed by atoms with van der Waals surface area (Å²) in [5.41, 5.74) is 4.16. The lowest BCUT2D eigenvalue weighted by Gasteiger charge is -2.09. The number of aliphatic hydroxyl groups is 1. The number of halogens is 2. The molecule has 0 radical (unpaired) electrons. The first-order valence-electron chi connectivity index (χ1n) is 12.6. The van der Waals surface area contributed by atoms with Crippen molar-refractivity contribution >= 4 is 57.0 Å². The third-order valence-electron chi connectivity index (χ3n) is 6.41. The molecular weight excluding hydrogens is 535 g/mol. The average molecular weight is 561 g/mol. The molecule has 0 saturated carbocycles. The van der Waals surface area contributed by atoms with Crippen molar-refractivity contribution in [3.8, 4) is 0 Å². The maximum atomic E-state index is 14.5. The number of aromatic nitrogens is 1. The molecule has 5 rings (SSSR count). The van der Waals surface area contributed by atoms with Crippen LogP contribution in [0.25, 0.3) is 17.0 Å². The zero-order valence-electron chi connectivity index (χ0n) is 21.4. The van der Waals surface area contributed by atoms with Crippen LogP contribution in [0.5, 0.6) is 0 Å². The zero-order chi connectivity index (χ0) is 27.5. The summed E-state index contributed by atoms with van der Waals surface area (Å²) in [5, 5.41) is 13.1. The second-order valence-electron chi connectivity index (χ2n) is 8.92. The molecule has 1 aliphatic heterocycles. The Balaban J connectivity index is 1.62. The summed E-state index contributed by atoms with van der Waals surface area (Å²) in [4.78, 5) is 17.9. The summed E-state index contributed by atoms with van der Waals surface area (Å²) < 4.78 is 21.8. The summed E-state index contributed by atoms with van der Waals surface area (Å²) >= 11 is 7.20. The second kappa shape index (κ2) is 11.5. The largest absolute Gasteiger partial charge is 0.506 e. The summed E-state index contributed by atoms with van der Waals surface area (Å²) in [7, 11) is 0. The Labute approximate surface area is 235 Å². The minimum Gasteiger partial charge on any atom is -0.506 e. The Morgan fingerprint density at radius 1 is 1.08 bits per heavy atom. The van der Waals surface area contributed by atoms with Gasteiger partial charge in [-0.25, -0.2) is 14.2 Å². The van der Waals surface area contributed by atoms with Gasteiger partial charge in [-0.3, -0.25) is 0 Å². The van der Waals surface area contributed by atoms with Gasteiger partial charge in [0.2, 0.25) is 0 Å². The molecule has 8 heteroatoms. The summed E-state index contributed by atoms with van der Waals surface area (Å²) in [6.45, 7) is 4.31. The number of hydrogen-bond donors (Lipinski definition) is 1. The lowest BCUT2D eigenvalue weighted by molar-refractivity contribution is -0.138. The van der Waals surface area contributed by atoms with Crippen molar-refractivity contribution < 1.29 is 19.0 Å².